The second kappa shape index (κ2) is 8.96. The van der Waals surface area contributed by atoms with Crippen molar-refractivity contribution in [3.8, 4) is 33.9 Å². The summed E-state index contributed by atoms with van der Waals surface area (Å²) in [6, 6.07) is 19.7. The highest BCUT2D eigenvalue weighted by Gasteiger charge is 2.17. The van der Waals surface area contributed by atoms with Crippen LogP contribution in [0.3, 0.4) is 0 Å². The third-order valence-corrected chi connectivity index (χ3v) is 6.45. The topological polar surface area (TPSA) is 30.7 Å². The van der Waals surface area contributed by atoms with Crippen LogP contribution in [0.2, 0.25) is 5.02 Å². The summed E-state index contributed by atoms with van der Waals surface area (Å²) in [5.74, 6) is -0.524. The number of thioether (sulfide) groups is 1. The molecule has 0 atom stereocenters. The average Bonchev–Trinajstić information content (AvgIpc) is 3.24. The molecule has 0 spiro atoms. The van der Waals surface area contributed by atoms with Crippen LogP contribution in [0.5, 0.6) is 0 Å². The molecule has 0 radical (unpaired) electrons. The second-order valence-corrected chi connectivity index (χ2v) is 8.87. The molecule has 0 unspecified atom stereocenters. The lowest BCUT2D eigenvalue weighted by molar-refractivity contribution is 0.627. The molecule has 0 fully saturated rings. The largest absolute Gasteiger partial charge is 0.348 e. The Morgan fingerprint density at radius 3 is 2.45 bits per heavy atom. The first-order valence-corrected chi connectivity index (χ1v) is 11.8. The van der Waals surface area contributed by atoms with Crippen LogP contribution < -0.4 is 0 Å². The van der Waals surface area contributed by atoms with Crippen LogP contribution >= 0.6 is 23.4 Å². The first-order chi connectivity index (χ1) is 16.0. The fraction of sp³-hybridized carbons (Fsp3) is 0.0769. The van der Waals surface area contributed by atoms with Gasteiger partial charge in [0.15, 0.2) is 11.6 Å². The monoisotopic (exact) mass is 477 g/mol. The van der Waals surface area contributed by atoms with Gasteiger partial charge < -0.3 is 4.57 Å². The highest BCUT2D eigenvalue weighted by molar-refractivity contribution is 7.98. The Labute approximate surface area is 199 Å². The number of nitrogens with zero attached hydrogens (tertiary/aromatic N) is 3. The van der Waals surface area contributed by atoms with Crippen LogP contribution in [0, 0.1) is 11.6 Å². The van der Waals surface area contributed by atoms with Gasteiger partial charge in [0.1, 0.15) is 11.5 Å². The first kappa shape index (κ1) is 21.6. The Morgan fingerprint density at radius 1 is 0.909 bits per heavy atom. The summed E-state index contributed by atoms with van der Waals surface area (Å²) >= 11 is 7.54. The zero-order valence-corrected chi connectivity index (χ0v) is 19.2. The Balaban J connectivity index is 1.40. The van der Waals surface area contributed by atoms with E-state index in [1.54, 1.807) is 36.0 Å². The Bertz CT molecular complexity index is 1420. The summed E-state index contributed by atoms with van der Waals surface area (Å²) in [5, 5.41) is 0.0297. The SMILES string of the molecule is CSc1ccc(-c2ccc(Cn3ccc4nc(-c5cccc(Cl)c5F)nc-4c3)cc2F)cc1. The maximum Gasteiger partial charge on any atom is 0.163 e. The molecule has 3 nitrogen and oxygen atoms in total. The van der Waals surface area contributed by atoms with Crippen molar-refractivity contribution < 1.29 is 8.78 Å². The summed E-state index contributed by atoms with van der Waals surface area (Å²) in [7, 11) is 0. The standard InChI is InChI=1S/C26H18ClF2N3S/c1-33-18-8-6-17(7-9-18)19-10-5-16(13-22(19)28)14-32-12-11-23-24(15-32)31-26(30-23)20-3-2-4-21(27)25(20)29/h2-13,15H,14H2,1H3. The van der Waals surface area contributed by atoms with E-state index in [4.69, 9.17) is 11.6 Å². The predicted octanol–water partition coefficient (Wildman–Crippen LogP) is 7.42. The van der Waals surface area contributed by atoms with Crippen molar-refractivity contribution in [2.45, 2.75) is 11.4 Å². The highest BCUT2D eigenvalue weighted by Crippen LogP contribution is 2.30. The number of aromatic nitrogens is 3. The van der Waals surface area contributed by atoms with Gasteiger partial charge in [-0.1, -0.05) is 41.9 Å². The lowest BCUT2D eigenvalue weighted by Crippen LogP contribution is -2.01. The van der Waals surface area contributed by atoms with Gasteiger partial charge in [-0.15, -0.1) is 11.8 Å². The molecular formula is C26H18ClF2N3S. The molecule has 0 N–H and O–H groups in total. The minimum atomic E-state index is -0.541. The molecule has 2 heterocycles. The molecular weight excluding hydrogens is 460 g/mol. The zero-order chi connectivity index (χ0) is 22.9. The third kappa shape index (κ3) is 4.36. The Kier molecular flexibility index (Phi) is 5.87. The van der Waals surface area contributed by atoms with Crippen LogP contribution in [-0.4, -0.2) is 20.8 Å². The van der Waals surface area contributed by atoms with Gasteiger partial charge >= 0.3 is 0 Å². The zero-order valence-electron chi connectivity index (χ0n) is 17.6. The molecule has 0 aliphatic carbocycles. The van der Waals surface area contributed by atoms with Crippen LogP contribution in [0.15, 0.2) is 84.0 Å². The minimum Gasteiger partial charge on any atom is -0.348 e. The van der Waals surface area contributed by atoms with Crippen molar-refractivity contribution in [3.63, 3.8) is 0 Å². The molecule has 0 amide bonds. The Hall–Kier alpha value is -3.22. The van der Waals surface area contributed by atoms with Crippen LogP contribution in [-0.2, 0) is 6.54 Å². The van der Waals surface area contributed by atoms with Gasteiger partial charge in [-0.3, -0.25) is 0 Å². The molecule has 0 bridgehead atoms. The van der Waals surface area contributed by atoms with Crippen molar-refractivity contribution in [3.05, 3.63) is 101 Å². The number of fused-ring (bicyclic) bond motifs is 1. The number of pyridine rings is 1. The third-order valence-electron chi connectivity index (χ3n) is 5.42. The molecule has 0 saturated heterocycles. The van der Waals surface area contributed by atoms with Gasteiger partial charge in [-0.05, 0) is 53.8 Å². The number of hydrogen-bond donors (Lipinski definition) is 0. The molecule has 3 aromatic rings. The molecule has 3 aromatic carbocycles. The van der Waals surface area contributed by atoms with E-state index >= 15 is 0 Å². The van der Waals surface area contributed by atoms with E-state index in [0.717, 1.165) is 16.0 Å². The fourth-order valence-electron chi connectivity index (χ4n) is 3.72. The molecule has 0 saturated carbocycles. The number of benzene rings is 3. The first-order valence-electron chi connectivity index (χ1n) is 10.2. The molecule has 2 aliphatic rings. The molecule has 5 rings (SSSR count). The van der Waals surface area contributed by atoms with Gasteiger partial charge in [0.2, 0.25) is 0 Å². The molecule has 7 heteroatoms. The second-order valence-electron chi connectivity index (χ2n) is 7.58. The quantitative estimate of drug-likeness (QED) is 0.247. The molecule has 2 aliphatic heterocycles. The maximum absolute atomic E-state index is 14.9. The number of halogens is 3. The van der Waals surface area contributed by atoms with E-state index in [2.05, 4.69) is 9.97 Å². The summed E-state index contributed by atoms with van der Waals surface area (Å²) in [5.41, 5.74) is 3.77. The van der Waals surface area contributed by atoms with Crippen molar-refractivity contribution >= 4 is 23.4 Å². The van der Waals surface area contributed by atoms with E-state index < -0.39 is 5.82 Å². The molecule has 164 valence electrons. The predicted molar refractivity (Wildman–Crippen MR) is 130 cm³/mol. The van der Waals surface area contributed by atoms with Gasteiger partial charge in [0, 0.05) is 29.4 Å². The number of rotatable bonds is 5. The van der Waals surface area contributed by atoms with Crippen molar-refractivity contribution in [1.82, 2.24) is 14.5 Å². The minimum absolute atomic E-state index is 0.0297. The van der Waals surface area contributed by atoms with Crippen molar-refractivity contribution in [2.75, 3.05) is 6.26 Å². The van der Waals surface area contributed by atoms with E-state index in [9.17, 15) is 8.78 Å². The highest BCUT2D eigenvalue weighted by atomic mass is 35.5. The average molecular weight is 478 g/mol. The maximum atomic E-state index is 14.9. The fourth-order valence-corrected chi connectivity index (χ4v) is 4.30. The lowest BCUT2D eigenvalue weighted by atomic mass is 10.0. The van der Waals surface area contributed by atoms with Gasteiger partial charge in [-0.25, -0.2) is 18.7 Å². The number of hydrogen-bond acceptors (Lipinski definition) is 3. The van der Waals surface area contributed by atoms with Gasteiger partial charge in [-0.2, -0.15) is 0 Å². The molecule has 33 heavy (non-hydrogen) atoms. The van der Waals surface area contributed by atoms with Gasteiger partial charge in [0.25, 0.3) is 0 Å². The number of imidazole rings is 1. The van der Waals surface area contributed by atoms with Gasteiger partial charge in [0.05, 0.1) is 16.3 Å². The smallest absolute Gasteiger partial charge is 0.163 e. The molecule has 0 aromatic heterocycles. The summed E-state index contributed by atoms with van der Waals surface area (Å²) < 4.78 is 31.1. The van der Waals surface area contributed by atoms with E-state index in [0.29, 0.717) is 23.5 Å². The van der Waals surface area contributed by atoms with Crippen molar-refractivity contribution in [1.29, 1.82) is 0 Å². The van der Waals surface area contributed by atoms with E-state index in [-0.39, 0.29) is 22.2 Å². The lowest BCUT2D eigenvalue weighted by Gasteiger charge is -2.10. The summed E-state index contributed by atoms with van der Waals surface area (Å²) in [4.78, 5) is 10.0. The van der Waals surface area contributed by atoms with E-state index in [1.807, 2.05) is 59.6 Å². The van der Waals surface area contributed by atoms with Crippen molar-refractivity contribution in [2.24, 2.45) is 0 Å². The normalized spacial score (nSPS) is 11.3. The van der Waals surface area contributed by atoms with Crippen LogP contribution in [0.4, 0.5) is 8.78 Å². The van der Waals surface area contributed by atoms with Crippen LogP contribution in [0.25, 0.3) is 33.9 Å². The van der Waals surface area contributed by atoms with E-state index in [1.165, 1.54) is 6.07 Å². The van der Waals surface area contributed by atoms with Crippen LogP contribution in [0.1, 0.15) is 5.56 Å². The Morgan fingerprint density at radius 2 is 1.70 bits per heavy atom. The summed E-state index contributed by atoms with van der Waals surface area (Å²) in [6.45, 7) is 0.465. The summed E-state index contributed by atoms with van der Waals surface area (Å²) in [6.07, 6.45) is 5.68.